The van der Waals surface area contributed by atoms with Crippen LogP contribution in [0.2, 0.25) is 0 Å². The van der Waals surface area contributed by atoms with E-state index in [1.807, 2.05) is 30.3 Å². The molecule has 0 saturated heterocycles. The summed E-state index contributed by atoms with van der Waals surface area (Å²) in [7, 11) is 0. The Bertz CT molecular complexity index is 324. The number of Topliss-reactive ketones (excluding diaryl/α,β-unsaturated/α-hetero) is 1. The number of carbonyl (C=O) groups excluding carboxylic acids is 1. The topological polar surface area (TPSA) is 29.1 Å². The second kappa shape index (κ2) is 8.26. The zero-order valence-electron chi connectivity index (χ0n) is 10.8. The number of halogens is 1. The molecule has 2 nitrogen and oxygen atoms in total. The minimum absolute atomic E-state index is 0. The molecular formula is C14H22ClNO. The van der Waals surface area contributed by atoms with Crippen LogP contribution in [-0.4, -0.2) is 17.9 Å². The number of hydrogen-bond donors (Lipinski definition) is 1. The minimum atomic E-state index is -0.0487. The highest BCUT2D eigenvalue weighted by Crippen LogP contribution is 2.08. The third-order valence-electron chi connectivity index (χ3n) is 2.49. The summed E-state index contributed by atoms with van der Waals surface area (Å²) in [5, 5.41) is 3.33. The molecule has 0 aliphatic carbocycles. The van der Waals surface area contributed by atoms with E-state index in [2.05, 4.69) is 26.1 Å². The van der Waals surface area contributed by atoms with E-state index >= 15 is 0 Å². The van der Waals surface area contributed by atoms with Crippen LogP contribution in [0.15, 0.2) is 30.3 Å². The lowest BCUT2D eigenvalue weighted by atomic mass is 10.00. The summed E-state index contributed by atoms with van der Waals surface area (Å²) in [5.41, 5.74) is 0.800. The van der Waals surface area contributed by atoms with Crippen molar-refractivity contribution < 1.29 is 4.79 Å². The molecule has 1 atom stereocenters. The van der Waals surface area contributed by atoms with E-state index in [9.17, 15) is 4.79 Å². The molecular weight excluding hydrogens is 234 g/mol. The molecule has 0 amide bonds. The molecule has 1 aromatic carbocycles. The largest absolute Gasteiger partial charge is 0.305 e. The van der Waals surface area contributed by atoms with Crippen LogP contribution in [0.1, 0.15) is 44.0 Å². The SMILES string of the molecule is CCCC(NC(C)C)C(=O)c1ccccc1.Cl. The van der Waals surface area contributed by atoms with Gasteiger partial charge in [-0.2, -0.15) is 0 Å². The average molecular weight is 256 g/mol. The monoisotopic (exact) mass is 255 g/mol. The maximum Gasteiger partial charge on any atom is 0.179 e. The first kappa shape index (κ1) is 16.1. The highest BCUT2D eigenvalue weighted by Gasteiger charge is 2.19. The zero-order valence-corrected chi connectivity index (χ0v) is 11.6. The molecule has 1 aromatic rings. The standard InChI is InChI=1S/C14H21NO.ClH/c1-4-8-13(15-11(2)3)14(16)12-9-6-5-7-10-12;/h5-7,9-11,13,15H,4,8H2,1-3H3;1H. The van der Waals surface area contributed by atoms with Crippen LogP contribution in [0.4, 0.5) is 0 Å². The lowest BCUT2D eigenvalue weighted by Gasteiger charge is -2.19. The Morgan fingerprint density at radius 3 is 2.29 bits per heavy atom. The maximum absolute atomic E-state index is 12.2. The van der Waals surface area contributed by atoms with E-state index < -0.39 is 0 Å². The summed E-state index contributed by atoms with van der Waals surface area (Å²) in [5.74, 6) is 0.205. The molecule has 17 heavy (non-hydrogen) atoms. The van der Waals surface area contributed by atoms with Gasteiger partial charge < -0.3 is 5.32 Å². The molecule has 0 aliphatic rings. The summed E-state index contributed by atoms with van der Waals surface area (Å²) >= 11 is 0. The lowest BCUT2D eigenvalue weighted by Crippen LogP contribution is -2.40. The molecule has 0 radical (unpaired) electrons. The van der Waals surface area contributed by atoms with Crippen LogP contribution in [0.5, 0.6) is 0 Å². The van der Waals surface area contributed by atoms with Gasteiger partial charge >= 0.3 is 0 Å². The smallest absolute Gasteiger partial charge is 0.179 e. The Hall–Kier alpha value is -0.860. The second-order valence-electron chi connectivity index (χ2n) is 4.39. The van der Waals surface area contributed by atoms with Crippen molar-refractivity contribution in [2.45, 2.75) is 45.7 Å². The minimum Gasteiger partial charge on any atom is -0.305 e. The molecule has 1 N–H and O–H groups in total. The number of rotatable bonds is 6. The van der Waals surface area contributed by atoms with Gasteiger partial charge in [-0.1, -0.05) is 57.5 Å². The van der Waals surface area contributed by atoms with Crippen molar-refractivity contribution in [1.29, 1.82) is 0 Å². The number of ketones is 1. The van der Waals surface area contributed by atoms with Crippen molar-refractivity contribution >= 4 is 18.2 Å². The summed E-state index contributed by atoms with van der Waals surface area (Å²) in [6.07, 6.45) is 1.91. The predicted octanol–water partition coefficient (Wildman–Crippen LogP) is 3.46. The van der Waals surface area contributed by atoms with Crippen LogP contribution < -0.4 is 5.32 Å². The maximum atomic E-state index is 12.2. The lowest BCUT2D eigenvalue weighted by molar-refractivity contribution is 0.0932. The van der Waals surface area contributed by atoms with Gasteiger partial charge in [-0.15, -0.1) is 12.4 Å². The van der Waals surface area contributed by atoms with Crippen molar-refractivity contribution in [3.05, 3.63) is 35.9 Å². The van der Waals surface area contributed by atoms with Crippen LogP contribution in [-0.2, 0) is 0 Å². The quantitative estimate of drug-likeness (QED) is 0.789. The Morgan fingerprint density at radius 1 is 1.24 bits per heavy atom. The van der Waals surface area contributed by atoms with Crippen molar-refractivity contribution in [3.8, 4) is 0 Å². The van der Waals surface area contributed by atoms with Crippen LogP contribution in [0.3, 0.4) is 0 Å². The van der Waals surface area contributed by atoms with Gasteiger partial charge in [0.1, 0.15) is 0 Å². The summed E-state index contributed by atoms with van der Waals surface area (Å²) in [6, 6.07) is 9.80. The van der Waals surface area contributed by atoms with Crippen molar-refractivity contribution in [3.63, 3.8) is 0 Å². The molecule has 3 heteroatoms. The Labute approximate surface area is 110 Å². The van der Waals surface area contributed by atoms with E-state index in [1.54, 1.807) is 0 Å². The Balaban J connectivity index is 0.00000256. The van der Waals surface area contributed by atoms with Gasteiger partial charge in [0.2, 0.25) is 0 Å². The first-order chi connectivity index (χ1) is 7.65. The molecule has 0 spiro atoms. The van der Waals surface area contributed by atoms with Crippen LogP contribution >= 0.6 is 12.4 Å². The molecule has 0 bridgehead atoms. The molecule has 96 valence electrons. The molecule has 1 rings (SSSR count). The highest BCUT2D eigenvalue weighted by atomic mass is 35.5. The van der Waals surface area contributed by atoms with Crippen molar-refractivity contribution in [1.82, 2.24) is 5.32 Å². The first-order valence-electron chi connectivity index (χ1n) is 6.00. The van der Waals surface area contributed by atoms with E-state index in [0.717, 1.165) is 18.4 Å². The van der Waals surface area contributed by atoms with Gasteiger partial charge in [0.05, 0.1) is 6.04 Å². The Morgan fingerprint density at radius 2 is 1.82 bits per heavy atom. The van der Waals surface area contributed by atoms with Gasteiger partial charge in [0.15, 0.2) is 5.78 Å². The van der Waals surface area contributed by atoms with Gasteiger partial charge in [-0.3, -0.25) is 4.79 Å². The zero-order chi connectivity index (χ0) is 12.0. The third kappa shape index (κ3) is 5.33. The van der Waals surface area contributed by atoms with Crippen molar-refractivity contribution in [2.24, 2.45) is 0 Å². The third-order valence-corrected chi connectivity index (χ3v) is 2.49. The fraction of sp³-hybridized carbons (Fsp3) is 0.500. The number of hydrogen-bond acceptors (Lipinski definition) is 2. The first-order valence-corrected chi connectivity index (χ1v) is 6.00. The van der Waals surface area contributed by atoms with E-state index in [1.165, 1.54) is 0 Å². The van der Waals surface area contributed by atoms with Gasteiger partial charge in [-0.25, -0.2) is 0 Å². The fourth-order valence-corrected chi connectivity index (χ4v) is 1.78. The van der Waals surface area contributed by atoms with Gasteiger partial charge in [0, 0.05) is 11.6 Å². The Kier molecular flexibility index (Phi) is 7.85. The number of benzene rings is 1. The second-order valence-corrected chi connectivity index (χ2v) is 4.39. The molecule has 0 aliphatic heterocycles. The average Bonchev–Trinajstić information content (AvgIpc) is 2.28. The van der Waals surface area contributed by atoms with Crippen LogP contribution in [0, 0.1) is 0 Å². The molecule has 0 heterocycles. The van der Waals surface area contributed by atoms with Crippen LogP contribution in [0.25, 0.3) is 0 Å². The summed E-state index contributed by atoms with van der Waals surface area (Å²) in [4.78, 5) is 12.2. The summed E-state index contributed by atoms with van der Waals surface area (Å²) in [6.45, 7) is 6.25. The number of nitrogens with one attached hydrogen (secondary N) is 1. The van der Waals surface area contributed by atoms with Gasteiger partial charge in [0.25, 0.3) is 0 Å². The molecule has 1 unspecified atom stereocenters. The molecule has 0 aromatic heterocycles. The van der Waals surface area contributed by atoms with Gasteiger partial charge in [-0.05, 0) is 6.42 Å². The fourth-order valence-electron chi connectivity index (χ4n) is 1.78. The summed E-state index contributed by atoms with van der Waals surface area (Å²) < 4.78 is 0. The highest BCUT2D eigenvalue weighted by molar-refractivity contribution is 6.00. The molecule has 0 saturated carbocycles. The number of carbonyl (C=O) groups is 1. The van der Waals surface area contributed by atoms with E-state index in [0.29, 0.717) is 6.04 Å². The van der Waals surface area contributed by atoms with E-state index in [-0.39, 0.29) is 24.2 Å². The molecule has 0 fully saturated rings. The van der Waals surface area contributed by atoms with Crippen molar-refractivity contribution in [2.75, 3.05) is 0 Å². The normalized spacial score (nSPS) is 12.0. The van der Waals surface area contributed by atoms with E-state index in [4.69, 9.17) is 0 Å². The predicted molar refractivity (Wildman–Crippen MR) is 75.0 cm³/mol.